The summed E-state index contributed by atoms with van der Waals surface area (Å²) in [6.07, 6.45) is 3.84. The largest absolute Gasteiger partial charge is 0.871 e. The van der Waals surface area contributed by atoms with Crippen LogP contribution >= 0.6 is 0 Å². The van der Waals surface area contributed by atoms with Crippen molar-refractivity contribution in [1.82, 2.24) is 4.90 Å². The number of hydrogen-bond acceptors (Lipinski definition) is 2. The Balaban J connectivity index is 1.93. The van der Waals surface area contributed by atoms with E-state index in [1.54, 1.807) is 21.9 Å². The van der Waals surface area contributed by atoms with E-state index in [9.17, 15) is 9.90 Å². The Hall–Kier alpha value is -2.62. The van der Waals surface area contributed by atoms with Crippen molar-refractivity contribution in [2.75, 3.05) is 6.54 Å². The first-order valence-electron chi connectivity index (χ1n) is 7.41. The summed E-state index contributed by atoms with van der Waals surface area (Å²) < 4.78 is 1.62. The standard InChI is InChI=1S/C18H18N2O2/c1-14(15-8-4-2-5-9-15)20-13-10-16(21)17(18(20)22)19-11-6-3-7-12-19/h2-9,11-12,14H,10,13H2,1H3/t14-/m0/s1. The van der Waals surface area contributed by atoms with Gasteiger partial charge in [-0.2, -0.15) is 4.57 Å². The molecular weight excluding hydrogens is 276 g/mol. The Morgan fingerprint density at radius 1 is 1.09 bits per heavy atom. The molecule has 0 aliphatic carbocycles. The molecule has 0 fully saturated rings. The Morgan fingerprint density at radius 3 is 2.41 bits per heavy atom. The number of amides is 1. The third kappa shape index (κ3) is 2.60. The number of aromatic nitrogens is 1. The number of hydrogen-bond donors (Lipinski definition) is 0. The molecule has 4 nitrogen and oxygen atoms in total. The molecule has 112 valence electrons. The molecule has 1 atom stereocenters. The Labute approximate surface area is 129 Å². The first-order chi connectivity index (χ1) is 10.7. The monoisotopic (exact) mass is 294 g/mol. The predicted octanol–water partition coefficient (Wildman–Crippen LogP) is 1.50. The zero-order valence-corrected chi connectivity index (χ0v) is 12.5. The lowest BCUT2D eigenvalue weighted by Crippen LogP contribution is -2.49. The highest BCUT2D eigenvalue weighted by molar-refractivity contribution is 6.11. The molecule has 1 aromatic carbocycles. The summed E-state index contributed by atoms with van der Waals surface area (Å²) >= 11 is 0. The fourth-order valence-electron chi connectivity index (χ4n) is 2.78. The molecular formula is C18H18N2O2. The van der Waals surface area contributed by atoms with Gasteiger partial charge in [-0.05, 0) is 24.7 Å². The average Bonchev–Trinajstić information content (AvgIpc) is 2.56. The molecule has 0 saturated heterocycles. The number of carbonyl (C=O) groups is 1. The fraction of sp³-hybridized carbons (Fsp3) is 0.222. The van der Waals surface area contributed by atoms with Crippen molar-refractivity contribution in [2.24, 2.45) is 0 Å². The second-order valence-electron chi connectivity index (χ2n) is 5.39. The predicted molar refractivity (Wildman–Crippen MR) is 81.0 cm³/mol. The summed E-state index contributed by atoms with van der Waals surface area (Å²) in [5, 5.41) is 12.2. The molecule has 4 heteroatoms. The maximum atomic E-state index is 12.8. The third-order valence-electron chi connectivity index (χ3n) is 4.03. The molecule has 2 heterocycles. The minimum atomic E-state index is -0.205. The van der Waals surface area contributed by atoms with Gasteiger partial charge in [-0.15, -0.1) is 0 Å². The van der Waals surface area contributed by atoms with E-state index >= 15 is 0 Å². The number of rotatable bonds is 3. The zero-order chi connectivity index (χ0) is 15.5. The molecule has 0 unspecified atom stereocenters. The van der Waals surface area contributed by atoms with Crippen molar-refractivity contribution in [3.05, 3.63) is 72.2 Å². The molecule has 1 aliphatic heterocycles. The van der Waals surface area contributed by atoms with E-state index in [4.69, 9.17) is 0 Å². The summed E-state index contributed by atoms with van der Waals surface area (Å²) in [7, 11) is 0. The summed E-state index contributed by atoms with van der Waals surface area (Å²) in [5.41, 5.74) is 1.30. The van der Waals surface area contributed by atoms with Gasteiger partial charge in [0.25, 0.3) is 5.70 Å². The first kappa shape index (κ1) is 14.3. The lowest BCUT2D eigenvalue weighted by atomic mass is 10.0. The van der Waals surface area contributed by atoms with Gasteiger partial charge >= 0.3 is 5.91 Å². The fourth-order valence-corrected chi connectivity index (χ4v) is 2.78. The lowest BCUT2D eigenvalue weighted by Gasteiger charge is -2.34. The first-order valence-corrected chi connectivity index (χ1v) is 7.41. The summed E-state index contributed by atoms with van der Waals surface area (Å²) in [5.74, 6) is -0.304. The van der Waals surface area contributed by atoms with Gasteiger partial charge in [-0.3, -0.25) is 4.79 Å². The highest BCUT2D eigenvalue weighted by Crippen LogP contribution is 2.26. The van der Waals surface area contributed by atoms with Crippen molar-refractivity contribution in [2.45, 2.75) is 19.4 Å². The molecule has 1 amide bonds. The van der Waals surface area contributed by atoms with Gasteiger partial charge in [-0.25, -0.2) is 0 Å². The van der Waals surface area contributed by atoms with Crippen LogP contribution < -0.4 is 9.67 Å². The van der Waals surface area contributed by atoms with Crippen LogP contribution in [0.25, 0.3) is 5.70 Å². The molecule has 1 aliphatic rings. The molecule has 22 heavy (non-hydrogen) atoms. The van der Waals surface area contributed by atoms with Crippen LogP contribution in [0.1, 0.15) is 24.9 Å². The number of nitrogens with zero attached hydrogens (tertiary/aromatic N) is 2. The molecule has 0 saturated carbocycles. The summed E-state index contributed by atoms with van der Waals surface area (Å²) in [4.78, 5) is 14.6. The van der Waals surface area contributed by atoms with Gasteiger partial charge in [0.05, 0.1) is 6.04 Å². The highest BCUT2D eigenvalue weighted by atomic mass is 16.3. The van der Waals surface area contributed by atoms with Crippen LogP contribution in [0.15, 0.2) is 66.7 Å². The quantitative estimate of drug-likeness (QED) is 0.805. The van der Waals surface area contributed by atoms with E-state index in [-0.39, 0.29) is 23.4 Å². The zero-order valence-electron chi connectivity index (χ0n) is 12.5. The van der Waals surface area contributed by atoms with Gasteiger partial charge in [0.1, 0.15) is 0 Å². The Morgan fingerprint density at radius 2 is 1.73 bits per heavy atom. The van der Waals surface area contributed by atoms with Crippen LogP contribution in [0.2, 0.25) is 0 Å². The second kappa shape index (κ2) is 6.02. The van der Waals surface area contributed by atoms with Crippen LogP contribution in [-0.2, 0) is 4.79 Å². The van der Waals surface area contributed by atoms with Crippen molar-refractivity contribution in [1.29, 1.82) is 0 Å². The molecule has 0 bridgehead atoms. The van der Waals surface area contributed by atoms with E-state index in [1.807, 2.05) is 55.5 Å². The van der Waals surface area contributed by atoms with Gasteiger partial charge in [-0.1, -0.05) is 36.4 Å². The number of pyridine rings is 1. The van der Waals surface area contributed by atoms with E-state index < -0.39 is 0 Å². The van der Waals surface area contributed by atoms with Crippen molar-refractivity contribution >= 4 is 11.6 Å². The van der Waals surface area contributed by atoms with Gasteiger partial charge in [0, 0.05) is 18.7 Å². The van der Waals surface area contributed by atoms with Crippen molar-refractivity contribution < 1.29 is 14.5 Å². The normalized spacial score (nSPS) is 16.8. The van der Waals surface area contributed by atoms with Gasteiger partial charge in [0.2, 0.25) is 0 Å². The maximum Gasteiger partial charge on any atom is 0.318 e. The van der Waals surface area contributed by atoms with E-state index in [0.29, 0.717) is 13.0 Å². The molecule has 0 radical (unpaired) electrons. The summed E-state index contributed by atoms with van der Waals surface area (Å²) in [6.45, 7) is 2.46. The maximum absolute atomic E-state index is 12.8. The Kier molecular flexibility index (Phi) is 3.92. The minimum absolute atomic E-state index is 0.0545. The van der Waals surface area contributed by atoms with Crippen LogP contribution in [0.4, 0.5) is 0 Å². The van der Waals surface area contributed by atoms with E-state index in [2.05, 4.69) is 0 Å². The van der Waals surface area contributed by atoms with Crippen LogP contribution in [-0.4, -0.2) is 17.4 Å². The second-order valence-corrected chi connectivity index (χ2v) is 5.39. The van der Waals surface area contributed by atoms with Crippen LogP contribution in [0.3, 0.4) is 0 Å². The molecule has 3 rings (SSSR count). The SMILES string of the molecule is C[C@@H](c1ccccc1)N1CCC([O-])=C([n+]2ccccc2)C1=O. The van der Waals surface area contributed by atoms with Gasteiger partial charge < -0.3 is 10.0 Å². The van der Waals surface area contributed by atoms with E-state index in [0.717, 1.165) is 5.56 Å². The Bertz CT molecular complexity index is 696. The van der Waals surface area contributed by atoms with E-state index in [1.165, 1.54) is 0 Å². The highest BCUT2D eigenvalue weighted by Gasteiger charge is 2.33. The molecule has 0 spiro atoms. The third-order valence-corrected chi connectivity index (χ3v) is 4.03. The smallest absolute Gasteiger partial charge is 0.318 e. The molecule has 0 N–H and O–H groups in total. The topological polar surface area (TPSA) is 47.2 Å². The van der Waals surface area contributed by atoms with Crippen LogP contribution in [0.5, 0.6) is 0 Å². The number of carbonyl (C=O) groups excluding carboxylic acids is 1. The van der Waals surface area contributed by atoms with Crippen molar-refractivity contribution in [3.8, 4) is 0 Å². The number of benzene rings is 1. The molecule has 2 aromatic rings. The van der Waals surface area contributed by atoms with Crippen molar-refractivity contribution in [3.63, 3.8) is 0 Å². The van der Waals surface area contributed by atoms with Gasteiger partial charge in [0.15, 0.2) is 12.4 Å². The average molecular weight is 294 g/mol. The lowest BCUT2D eigenvalue weighted by molar-refractivity contribution is -0.583. The summed E-state index contributed by atoms with van der Waals surface area (Å²) in [6, 6.07) is 15.3. The molecule has 1 aromatic heterocycles. The minimum Gasteiger partial charge on any atom is -0.871 e. The van der Waals surface area contributed by atoms with Crippen LogP contribution in [0, 0.1) is 0 Å².